The Labute approximate surface area is 98.8 Å². The monoisotopic (exact) mass is 224 g/mol. The predicted octanol–water partition coefficient (Wildman–Crippen LogP) is 2.41. The Bertz CT molecular complexity index is 296. The lowest BCUT2D eigenvalue weighted by molar-refractivity contribution is 0.216. The molecule has 1 aromatic heterocycles. The van der Waals surface area contributed by atoms with Crippen LogP contribution in [0.15, 0.2) is 16.5 Å². The first kappa shape index (κ1) is 13.3. The van der Waals surface area contributed by atoms with E-state index in [4.69, 9.17) is 4.42 Å². The van der Waals surface area contributed by atoms with Gasteiger partial charge in [-0.2, -0.15) is 0 Å². The zero-order valence-corrected chi connectivity index (χ0v) is 10.9. The second-order valence-electron chi connectivity index (χ2n) is 4.52. The molecule has 1 aromatic rings. The van der Waals surface area contributed by atoms with Crippen LogP contribution in [0.1, 0.15) is 31.3 Å². The molecule has 0 saturated heterocycles. The van der Waals surface area contributed by atoms with Crippen LogP contribution in [0.2, 0.25) is 0 Å². The molecule has 0 spiro atoms. The third-order valence-electron chi connectivity index (χ3n) is 3.00. The highest BCUT2D eigenvalue weighted by Gasteiger charge is 2.10. The summed E-state index contributed by atoms with van der Waals surface area (Å²) in [7, 11) is 4.15. The third kappa shape index (κ3) is 4.37. The molecule has 1 heterocycles. The molecule has 92 valence electrons. The van der Waals surface area contributed by atoms with E-state index in [-0.39, 0.29) is 0 Å². The van der Waals surface area contributed by atoms with Crippen molar-refractivity contribution >= 4 is 0 Å². The minimum Gasteiger partial charge on any atom is -0.465 e. The molecule has 0 aliphatic carbocycles. The molecule has 0 bridgehead atoms. The van der Waals surface area contributed by atoms with E-state index in [1.54, 1.807) is 0 Å². The van der Waals surface area contributed by atoms with Crippen molar-refractivity contribution in [3.63, 3.8) is 0 Å². The summed E-state index contributed by atoms with van der Waals surface area (Å²) in [6, 6.07) is 4.68. The Morgan fingerprint density at radius 3 is 2.75 bits per heavy atom. The molecule has 0 aliphatic heterocycles. The zero-order valence-electron chi connectivity index (χ0n) is 10.9. The first-order chi connectivity index (χ1) is 7.63. The van der Waals surface area contributed by atoms with Crippen LogP contribution < -0.4 is 5.32 Å². The van der Waals surface area contributed by atoms with E-state index in [1.165, 1.54) is 12.8 Å². The molecule has 1 N–H and O–H groups in total. The van der Waals surface area contributed by atoms with Crippen molar-refractivity contribution in [2.75, 3.05) is 20.6 Å². The Balaban J connectivity index is 2.30. The van der Waals surface area contributed by atoms with Gasteiger partial charge in [0, 0.05) is 6.04 Å². The van der Waals surface area contributed by atoms with Gasteiger partial charge in [-0.05, 0) is 59.5 Å². The molecular weight excluding hydrogens is 200 g/mol. The minimum atomic E-state index is 0.596. The number of nitrogens with zero attached hydrogens (tertiary/aromatic N) is 1. The number of nitrogens with one attached hydrogen (secondary N) is 1. The van der Waals surface area contributed by atoms with Gasteiger partial charge in [-0.25, -0.2) is 0 Å². The summed E-state index contributed by atoms with van der Waals surface area (Å²) < 4.78 is 5.58. The Hall–Kier alpha value is -0.800. The number of hydrogen-bond acceptors (Lipinski definition) is 3. The maximum atomic E-state index is 5.58. The molecule has 0 saturated carbocycles. The normalized spacial score (nSPS) is 13.3. The summed E-state index contributed by atoms with van der Waals surface area (Å²) in [5.41, 5.74) is 0. The molecule has 1 rings (SSSR count). The fraction of sp³-hybridized carbons (Fsp3) is 0.692. The largest absolute Gasteiger partial charge is 0.465 e. The van der Waals surface area contributed by atoms with Crippen LogP contribution in [0.4, 0.5) is 0 Å². The van der Waals surface area contributed by atoms with Crippen LogP contribution in [0.3, 0.4) is 0 Å². The Morgan fingerprint density at radius 2 is 2.19 bits per heavy atom. The number of hydrogen-bond donors (Lipinski definition) is 1. The summed E-state index contributed by atoms with van der Waals surface area (Å²) in [6.45, 7) is 6.25. The fourth-order valence-corrected chi connectivity index (χ4v) is 1.77. The molecule has 0 amide bonds. The highest BCUT2D eigenvalue weighted by Crippen LogP contribution is 2.12. The Morgan fingerprint density at radius 1 is 1.44 bits per heavy atom. The van der Waals surface area contributed by atoms with Crippen molar-refractivity contribution in [2.45, 2.75) is 39.3 Å². The summed E-state index contributed by atoms with van der Waals surface area (Å²) >= 11 is 0. The van der Waals surface area contributed by atoms with Gasteiger partial charge in [0.2, 0.25) is 0 Å². The maximum absolute atomic E-state index is 5.58. The molecule has 1 unspecified atom stereocenters. The number of furan rings is 1. The molecule has 0 fully saturated rings. The molecule has 0 aliphatic rings. The van der Waals surface area contributed by atoms with Crippen molar-refractivity contribution in [3.8, 4) is 0 Å². The first-order valence-corrected chi connectivity index (χ1v) is 6.03. The molecule has 3 heteroatoms. The highest BCUT2D eigenvalue weighted by molar-refractivity contribution is 5.05. The fourth-order valence-electron chi connectivity index (χ4n) is 1.77. The van der Waals surface area contributed by atoms with Crippen molar-refractivity contribution in [3.05, 3.63) is 23.7 Å². The van der Waals surface area contributed by atoms with Gasteiger partial charge in [0.1, 0.15) is 11.5 Å². The zero-order chi connectivity index (χ0) is 12.0. The van der Waals surface area contributed by atoms with Gasteiger partial charge in [-0.1, -0.05) is 0 Å². The van der Waals surface area contributed by atoms with Crippen molar-refractivity contribution in [2.24, 2.45) is 0 Å². The van der Waals surface area contributed by atoms with E-state index in [0.29, 0.717) is 6.04 Å². The molecular formula is C13H24N2O. The van der Waals surface area contributed by atoms with E-state index in [1.807, 2.05) is 20.0 Å². The second kappa shape index (κ2) is 6.71. The minimum absolute atomic E-state index is 0.596. The lowest BCUT2D eigenvalue weighted by Crippen LogP contribution is -2.29. The summed E-state index contributed by atoms with van der Waals surface area (Å²) in [4.78, 5) is 2.34. The maximum Gasteiger partial charge on any atom is 0.118 e. The average Bonchev–Trinajstić information content (AvgIpc) is 2.64. The predicted molar refractivity (Wildman–Crippen MR) is 67.5 cm³/mol. The summed E-state index contributed by atoms with van der Waals surface area (Å²) in [5.74, 6) is 2.05. The van der Waals surface area contributed by atoms with Gasteiger partial charge in [-0.15, -0.1) is 0 Å². The standard InChI is InChI=1S/C13H24N2O/c1-11(6-5-9-14-3)15(4)10-13-8-7-12(2)16-13/h7-8,11,14H,5-6,9-10H2,1-4H3. The van der Waals surface area contributed by atoms with Gasteiger partial charge in [0.25, 0.3) is 0 Å². The lowest BCUT2D eigenvalue weighted by atomic mass is 10.1. The van der Waals surface area contributed by atoms with Gasteiger partial charge in [0.15, 0.2) is 0 Å². The van der Waals surface area contributed by atoms with Crippen molar-refractivity contribution in [1.29, 1.82) is 0 Å². The van der Waals surface area contributed by atoms with E-state index < -0.39 is 0 Å². The van der Waals surface area contributed by atoms with Gasteiger partial charge < -0.3 is 9.73 Å². The van der Waals surface area contributed by atoms with Crippen LogP contribution in [0.25, 0.3) is 0 Å². The topological polar surface area (TPSA) is 28.4 Å². The van der Waals surface area contributed by atoms with Crippen LogP contribution in [-0.4, -0.2) is 31.6 Å². The highest BCUT2D eigenvalue weighted by atomic mass is 16.3. The van der Waals surface area contributed by atoms with Crippen LogP contribution in [-0.2, 0) is 6.54 Å². The van der Waals surface area contributed by atoms with Gasteiger partial charge >= 0.3 is 0 Å². The number of rotatable bonds is 7. The lowest BCUT2D eigenvalue weighted by Gasteiger charge is -2.23. The Kier molecular flexibility index (Phi) is 5.56. The summed E-state index contributed by atoms with van der Waals surface area (Å²) in [5, 5.41) is 3.18. The SMILES string of the molecule is CNCCCC(C)N(C)Cc1ccc(C)o1. The quantitative estimate of drug-likeness (QED) is 0.721. The molecule has 16 heavy (non-hydrogen) atoms. The molecule has 0 aromatic carbocycles. The van der Waals surface area contributed by atoms with Crippen molar-refractivity contribution in [1.82, 2.24) is 10.2 Å². The number of aryl methyl sites for hydroxylation is 1. The molecule has 1 atom stereocenters. The molecule has 0 radical (unpaired) electrons. The van der Waals surface area contributed by atoms with Crippen LogP contribution in [0.5, 0.6) is 0 Å². The van der Waals surface area contributed by atoms with E-state index in [0.717, 1.165) is 24.6 Å². The average molecular weight is 224 g/mol. The van der Waals surface area contributed by atoms with Gasteiger partial charge in [0.05, 0.1) is 6.54 Å². The van der Waals surface area contributed by atoms with E-state index in [9.17, 15) is 0 Å². The van der Waals surface area contributed by atoms with Crippen molar-refractivity contribution < 1.29 is 4.42 Å². The van der Waals surface area contributed by atoms with E-state index in [2.05, 4.69) is 30.3 Å². The van der Waals surface area contributed by atoms with Gasteiger partial charge in [-0.3, -0.25) is 4.90 Å². The molecule has 3 nitrogen and oxygen atoms in total. The third-order valence-corrected chi connectivity index (χ3v) is 3.00. The van der Waals surface area contributed by atoms with Crippen LogP contribution >= 0.6 is 0 Å². The smallest absolute Gasteiger partial charge is 0.118 e. The van der Waals surface area contributed by atoms with Crippen LogP contribution in [0, 0.1) is 6.92 Å². The van der Waals surface area contributed by atoms with E-state index >= 15 is 0 Å². The first-order valence-electron chi connectivity index (χ1n) is 6.03. The summed E-state index contributed by atoms with van der Waals surface area (Å²) in [6.07, 6.45) is 2.44. The second-order valence-corrected chi connectivity index (χ2v) is 4.52.